The molecule has 0 radical (unpaired) electrons. The van der Waals surface area contributed by atoms with Gasteiger partial charge in [0.1, 0.15) is 0 Å². The quantitative estimate of drug-likeness (QED) is 0.496. The zero-order valence-corrected chi connectivity index (χ0v) is 5.52. The molecule has 1 N–H and O–H groups in total. The molecular formula is C6H11NO2. The average molecular weight is 129 g/mol. The van der Waals surface area contributed by atoms with Gasteiger partial charge < -0.3 is 10.1 Å². The van der Waals surface area contributed by atoms with E-state index in [1.807, 2.05) is 6.92 Å². The van der Waals surface area contributed by atoms with E-state index in [1.54, 1.807) is 0 Å². The molecule has 0 spiro atoms. The van der Waals surface area contributed by atoms with Crippen molar-refractivity contribution in [2.24, 2.45) is 0 Å². The van der Waals surface area contributed by atoms with Crippen molar-refractivity contribution < 1.29 is 9.53 Å². The van der Waals surface area contributed by atoms with Crippen molar-refractivity contribution in [3.63, 3.8) is 0 Å². The molecule has 1 aliphatic rings. The summed E-state index contributed by atoms with van der Waals surface area (Å²) in [6.45, 7) is 3.14. The van der Waals surface area contributed by atoms with Crippen LogP contribution in [0.5, 0.6) is 0 Å². The van der Waals surface area contributed by atoms with Gasteiger partial charge in [0.15, 0.2) is 0 Å². The van der Waals surface area contributed by atoms with Crippen LogP contribution in [0, 0.1) is 0 Å². The maximum atomic E-state index is 10.7. The average Bonchev–Trinajstić information content (AvgIpc) is 1.93. The Bertz CT molecular complexity index is 114. The molecule has 1 fully saturated rings. The molecule has 1 saturated heterocycles. The fraction of sp³-hybridized carbons (Fsp3) is 0.833. The number of carbonyl (C=O) groups excluding carboxylic acids is 1. The summed E-state index contributed by atoms with van der Waals surface area (Å²) >= 11 is 0. The van der Waals surface area contributed by atoms with Gasteiger partial charge in [-0.3, -0.25) is 4.79 Å². The third-order valence-electron chi connectivity index (χ3n) is 1.25. The first kappa shape index (κ1) is 6.55. The van der Waals surface area contributed by atoms with Crippen molar-refractivity contribution in [2.45, 2.75) is 19.4 Å². The van der Waals surface area contributed by atoms with Crippen LogP contribution in [0.1, 0.15) is 13.3 Å². The fourth-order valence-electron chi connectivity index (χ4n) is 0.814. The number of rotatable bonds is 0. The van der Waals surface area contributed by atoms with Gasteiger partial charge in [-0.15, -0.1) is 0 Å². The molecule has 0 aromatic carbocycles. The van der Waals surface area contributed by atoms with Gasteiger partial charge in [-0.05, 0) is 6.92 Å². The molecule has 1 rings (SSSR count). The predicted octanol–water partition coefficient (Wildman–Crippen LogP) is -0.0886. The zero-order chi connectivity index (χ0) is 6.69. The lowest BCUT2D eigenvalue weighted by molar-refractivity contribution is -0.121. The second kappa shape index (κ2) is 2.82. The van der Waals surface area contributed by atoms with E-state index in [0.29, 0.717) is 19.6 Å². The summed E-state index contributed by atoms with van der Waals surface area (Å²) in [7, 11) is 0. The van der Waals surface area contributed by atoms with E-state index in [0.717, 1.165) is 0 Å². The van der Waals surface area contributed by atoms with Gasteiger partial charge in [-0.1, -0.05) is 0 Å². The van der Waals surface area contributed by atoms with Crippen molar-refractivity contribution in [3.8, 4) is 0 Å². The zero-order valence-electron chi connectivity index (χ0n) is 5.52. The maximum absolute atomic E-state index is 10.7. The highest BCUT2D eigenvalue weighted by Crippen LogP contribution is 1.93. The number of ether oxygens (including phenoxy) is 1. The van der Waals surface area contributed by atoms with Crippen LogP contribution in [-0.2, 0) is 9.53 Å². The first-order valence-electron chi connectivity index (χ1n) is 3.16. The second-order valence-electron chi connectivity index (χ2n) is 2.29. The van der Waals surface area contributed by atoms with Crippen LogP contribution >= 0.6 is 0 Å². The molecule has 1 heterocycles. The predicted molar refractivity (Wildman–Crippen MR) is 33.0 cm³/mol. The van der Waals surface area contributed by atoms with Crippen molar-refractivity contribution in [2.75, 3.05) is 13.2 Å². The summed E-state index contributed by atoms with van der Waals surface area (Å²) in [5, 5.41) is 2.78. The second-order valence-corrected chi connectivity index (χ2v) is 2.29. The van der Waals surface area contributed by atoms with Crippen LogP contribution in [0.25, 0.3) is 0 Å². The molecule has 1 amide bonds. The Kier molecular flexibility index (Phi) is 2.05. The van der Waals surface area contributed by atoms with Crippen molar-refractivity contribution in [3.05, 3.63) is 0 Å². The Labute approximate surface area is 54.4 Å². The third kappa shape index (κ3) is 2.01. The lowest BCUT2D eigenvalue weighted by Gasteiger charge is -2.06. The van der Waals surface area contributed by atoms with E-state index in [-0.39, 0.29) is 11.9 Å². The number of carbonyl (C=O) groups is 1. The van der Waals surface area contributed by atoms with Gasteiger partial charge in [0.2, 0.25) is 5.91 Å². The Morgan fingerprint density at radius 1 is 1.78 bits per heavy atom. The van der Waals surface area contributed by atoms with Crippen LogP contribution in [-0.4, -0.2) is 25.2 Å². The molecule has 3 nitrogen and oxygen atoms in total. The molecule has 3 heteroatoms. The number of nitrogens with one attached hydrogen (secondary N) is 1. The van der Waals surface area contributed by atoms with Crippen molar-refractivity contribution >= 4 is 5.91 Å². The lowest BCUT2D eigenvalue weighted by atomic mass is 10.3. The molecule has 1 aliphatic heterocycles. The van der Waals surface area contributed by atoms with E-state index in [9.17, 15) is 4.79 Å². The molecule has 1 atom stereocenters. The largest absolute Gasteiger partial charge is 0.379 e. The highest BCUT2D eigenvalue weighted by Gasteiger charge is 2.10. The fourth-order valence-corrected chi connectivity index (χ4v) is 0.814. The van der Waals surface area contributed by atoms with Gasteiger partial charge in [-0.2, -0.15) is 0 Å². The lowest BCUT2D eigenvalue weighted by Crippen LogP contribution is -2.32. The minimum atomic E-state index is 0.0972. The van der Waals surface area contributed by atoms with Crippen LogP contribution in [0.4, 0.5) is 0 Å². The standard InChI is InChI=1S/C6H11NO2/c1-5-4-9-3-2-6(8)7-5/h5H,2-4H2,1H3,(H,7,8)/t5-/m0/s1. The molecule has 9 heavy (non-hydrogen) atoms. The molecular weight excluding hydrogens is 118 g/mol. The molecule has 52 valence electrons. The van der Waals surface area contributed by atoms with Crippen LogP contribution in [0.3, 0.4) is 0 Å². The molecule has 0 bridgehead atoms. The Morgan fingerprint density at radius 3 is 3.33 bits per heavy atom. The van der Waals surface area contributed by atoms with Gasteiger partial charge in [0.05, 0.1) is 13.2 Å². The first-order valence-corrected chi connectivity index (χ1v) is 3.16. The summed E-state index contributed by atoms with van der Waals surface area (Å²) in [4.78, 5) is 10.7. The summed E-state index contributed by atoms with van der Waals surface area (Å²) in [6, 6.07) is 0.181. The number of amides is 1. The Morgan fingerprint density at radius 2 is 2.56 bits per heavy atom. The van der Waals surface area contributed by atoms with E-state index < -0.39 is 0 Å². The van der Waals surface area contributed by atoms with Gasteiger partial charge in [0.25, 0.3) is 0 Å². The summed E-state index contributed by atoms with van der Waals surface area (Å²) in [6.07, 6.45) is 0.504. The van der Waals surface area contributed by atoms with Crippen molar-refractivity contribution in [1.29, 1.82) is 0 Å². The Hall–Kier alpha value is -0.570. The molecule has 0 aromatic rings. The van der Waals surface area contributed by atoms with E-state index in [4.69, 9.17) is 4.74 Å². The molecule has 0 aromatic heterocycles. The number of hydrogen-bond donors (Lipinski definition) is 1. The van der Waals surface area contributed by atoms with Crippen LogP contribution in [0.2, 0.25) is 0 Å². The van der Waals surface area contributed by atoms with E-state index in [2.05, 4.69) is 5.32 Å². The van der Waals surface area contributed by atoms with Gasteiger partial charge in [0, 0.05) is 12.5 Å². The SMILES string of the molecule is C[C@H]1COCCC(=O)N1. The highest BCUT2D eigenvalue weighted by molar-refractivity contribution is 5.76. The maximum Gasteiger partial charge on any atom is 0.222 e. The van der Waals surface area contributed by atoms with Gasteiger partial charge >= 0.3 is 0 Å². The van der Waals surface area contributed by atoms with Gasteiger partial charge in [-0.25, -0.2) is 0 Å². The molecule has 0 saturated carbocycles. The topological polar surface area (TPSA) is 38.3 Å². The van der Waals surface area contributed by atoms with E-state index in [1.165, 1.54) is 0 Å². The first-order chi connectivity index (χ1) is 4.29. The minimum absolute atomic E-state index is 0.0972. The van der Waals surface area contributed by atoms with E-state index >= 15 is 0 Å². The third-order valence-corrected chi connectivity index (χ3v) is 1.25. The minimum Gasteiger partial charge on any atom is -0.379 e. The van der Waals surface area contributed by atoms with Crippen LogP contribution in [0.15, 0.2) is 0 Å². The summed E-state index contributed by atoms with van der Waals surface area (Å²) < 4.78 is 5.09. The van der Waals surface area contributed by atoms with Crippen LogP contribution < -0.4 is 5.32 Å². The Balaban J connectivity index is 2.37. The summed E-state index contributed by atoms with van der Waals surface area (Å²) in [5.74, 6) is 0.0972. The highest BCUT2D eigenvalue weighted by atomic mass is 16.5. The molecule has 0 aliphatic carbocycles. The van der Waals surface area contributed by atoms with Crippen molar-refractivity contribution in [1.82, 2.24) is 5.32 Å². The smallest absolute Gasteiger partial charge is 0.222 e. The summed E-state index contributed by atoms with van der Waals surface area (Å²) in [5.41, 5.74) is 0. The molecule has 0 unspecified atom stereocenters. The monoisotopic (exact) mass is 129 g/mol. The normalized spacial score (nSPS) is 29.0. The number of hydrogen-bond acceptors (Lipinski definition) is 2.